The Morgan fingerprint density at radius 3 is 2.90 bits per heavy atom. The van der Waals surface area contributed by atoms with Gasteiger partial charge in [0.05, 0.1) is 12.3 Å². The van der Waals surface area contributed by atoms with Crippen LogP contribution in [0.1, 0.15) is 16.2 Å². The second-order valence-electron chi connectivity index (χ2n) is 4.44. The van der Waals surface area contributed by atoms with E-state index in [-0.39, 0.29) is 12.4 Å². The third kappa shape index (κ3) is 2.47. The van der Waals surface area contributed by atoms with E-state index in [0.717, 1.165) is 0 Å². The van der Waals surface area contributed by atoms with Gasteiger partial charge in [0.25, 0.3) is 5.91 Å². The smallest absolute Gasteiger partial charge is 0.277 e. The molecule has 0 bridgehead atoms. The molecule has 0 radical (unpaired) electrons. The summed E-state index contributed by atoms with van der Waals surface area (Å²) in [6, 6.07) is 1.31. The van der Waals surface area contributed by atoms with Crippen LogP contribution in [-0.4, -0.2) is 54.6 Å². The van der Waals surface area contributed by atoms with Crippen LogP contribution in [0, 0.1) is 0 Å². The summed E-state index contributed by atoms with van der Waals surface area (Å²) in [5.74, 6) is -0.933. The number of carbonyl (C=O) groups excluding carboxylic acids is 1. The number of fused-ring (bicyclic) bond motifs is 1. The Morgan fingerprint density at radius 2 is 2.25 bits per heavy atom. The number of ether oxygens (including phenoxy) is 1. The standard InChI is InChI=1S/C12H18N4O4/c1-13-6-8-5-9(17)11(18)10-12(19)15(3-4-20-2)7-14-16(8)10/h5,13-14,18H,3-4,6-7H2,1-2H3. The van der Waals surface area contributed by atoms with Crippen LogP contribution in [0.5, 0.6) is 5.75 Å². The molecule has 2 rings (SSSR count). The summed E-state index contributed by atoms with van der Waals surface area (Å²) in [4.78, 5) is 25.6. The van der Waals surface area contributed by atoms with Crippen molar-refractivity contribution in [3.05, 3.63) is 27.7 Å². The Labute approximate surface area is 115 Å². The molecule has 0 aromatic carbocycles. The Morgan fingerprint density at radius 1 is 1.50 bits per heavy atom. The normalized spacial score (nSPS) is 14.1. The summed E-state index contributed by atoms with van der Waals surface area (Å²) in [6.07, 6.45) is 0. The van der Waals surface area contributed by atoms with Crippen LogP contribution in [0.25, 0.3) is 0 Å². The van der Waals surface area contributed by atoms with Gasteiger partial charge in [0.15, 0.2) is 11.4 Å². The molecule has 0 fully saturated rings. The third-order valence-electron chi connectivity index (χ3n) is 3.10. The Hall–Kier alpha value is -2.06. The first-order valence-electron chi connectivity index (χ1n) is 6.24. The van der Waals surface area contributed by atoms with Gasteiger partial charge in [-0.05, 0) is 7.05 Å². The van der Waals surface area contributed by atoms with Crippen LogP contribution in [0.4, 0.5) is 0 Å². The quantitative estimate of drug-likeness (QED) is 0.633. The number of aromatic nitrogens is 1. The SMILES string of the molecule is CNCc1cc(=O)c(O)c2n1NCN(CCOC)C2=O. The largest absolute Gasteiger partial charge is 0.502 e. The van der Waals surface area contributed by atoms with Gasteiger partial charge in [0, 0.05) is 26.3 Å². The van der Waals surface area contributed by atoms with Crippen LogP contribution in [0.2, 0.25) is 0 Å². The number of nitrogens with one attached hydrogen (secondary N) is 2. The van der Waals surface area contributed by atoms with E-state index < -0.39 is 17.1 Å². The zero-order valence-electron chi connectivity index (χ0n) is 11.5. The van der Waals surface area contributed by atoms with E-state index >= 15 is 0 Å². The molecule has 1 aliphatic rings. The van der Waals surface area contributed by atoms with Gasteiger partial charge < -0.3 is 25.5 Å². The Bertz CT molecular complexity index is 569. The molecule has 0 unspecified atom stereocenters. The zero-order chi connectivity index (χ0) is 14.7. The van der Waals surface area contributed by atoms with Gasteiger partial charge in [-0.25, -0.2) is 0 Å². The molecule has 1 aromatic rings. The molecule has 0 atom stereocenters. The summed E-state index contributed by atoms with van der Waals surface area (Å²) < 4.78 is 6.39. The minimum absolute atomic E-state index is 0.0369. The van der Waals surface area contributed by atoms with Crippen molar-refractivity contribution in [3.63, 3.8) is 0 Å². The first-order valence-corrected chi connectivity index (χ1v) is 6.24. The number of carbonyl (C=O) groups is 1. The van der Waals surface area contributed by atoms with Gasteiger partial charge in [-0.15, -0.1) is 0 Å². The average molecular weight is 282 g/mol. The molecule has 2 heterocycles. The van der Waals surface area contributed by atoms with E-state index in [1.807, 2.05) is 0 Å². The molecule has 3 N–H and O–H groups in total. The van der Waals surface area contributed by atoms with Crippen molar-refractivity contribution in [2.24, 2.45) is 0 Å². The third-order valence-corrected chi connectivity index (χ3v) is 3.10. The second-order valence-corrected chi connectivity index (χ2v) is 4.44. The number of aromatic hydroxyl groups is 1. The molecule has 1 aromatic heterocycles. The fraction of sp³-hybridized carbons (Fsp3) is 0.500. The van der Waals surface area contributed by atoms with Gasteiger partial charge in [-0.1, -0.05) is 0 Å². The zero-order valence-corrected chi connectivity index (χ0v) is 11.5. The highest BCUT2D eigenvalue weighted by molar-refractivity contribution is 5.96. The van der Waals surface area contributed by atoms with Crippen molar-refractivity contribution in [1.29, 1.82) is 0 Å². The predicted molar refractivity (Wildman–Crippen MR) is 72.3 cm³/mol. The lowest BCUT2D eigenvalue weighted by molar-refractivity contribution is 0.0660. The van der Waals surface area contributed by atoms with Crippen molar-refractivity contribution >= 4 is 5.91 Å². The highest BCUT2D eigenvalue weighted by Crippen LogP contribution is 2.18. The molecule has 8 nitrogen and oxygen atoms in total. The molecule has 0 aliphatic carbocycles. The van der Waals surface area contributed by atoms with Gasteiger partial charge in [-0.3, -0.25) is 14.3 Å². The Balaban J connectivity index is 2.43. The van der Waals surface area contributed by atoms with Gasteiger partial charge in [0.1, 0.15) is 6.67 Å². The summed E-state index contributed by atoms with van der Waals surface area (Å²) in [5, 5.41) is 12.8. The van der Waals surface area contributed by atoms with E-state index in [2.05, 4.69) is 10.7 Å². The number of amides is 1. The molecule has 0 saturated carbocycles. The maximum Gasteiger partial charge on any atom is 0.277 e. The molecular weight excluding hydrogens is 264 g/mol. The monoisotopic (exact) mass is 282 g/mol. The molecule has 1 amide bonds. The number of pyridine rings is 1. The summed E-state index contributed by atoms with van der Waals surface area (Å²) in [5.41, 5.74) is 2.99. The van der Waals surface area contributed by atoms with Crippen molar-refractivity contribution in [1.82, 2.24) is 14.9 Å². The summed E-state index contributed by atoms with van der Waals surface area (Å²) >= 11 is 0. The number of rotatable bonds is 5. The van der Waals surface area contributed by atoms with Crippen LogP contribution in [-0.2, 0) is 11.3 Å². The minimum Gasteiger partial charge on any atom is -0.502 e. The summed E-state index contributed by atoms with van der Waals surface area (Å²) in [6.45, 7) is 1.45. The lowest BCUT2D eigenvalue weighted by Gasteiger charge is -2.32. The number of hydrogen-bond donors (Lipinski definition) is 3. The van der Waals surface area contributed by atoms with Crippen LogP contribution in [0.3, 0.4) is 0 Å². The van der Waals surface area contributed by atoms with E-state index in [1.165, 1.54) is 15.6 Å². The molecule has 110 valence electrons. The van der Waals surface area contributed by atoms with E-state index in [4.69, 9.17) is 4.74 Å². The van der Waals surface area contributed by atoms with Crippen LogP contribution in [0.15, 0.2) is 10.9 Å². The second kappa shape index (κ2) is 5.93. The van der Waals surface area contributed by atoms with Crippen molar-refractivity contribution in [3.8, 4) is 5.75 Å². The van der Waals surface area contributed by atoms with Crippen molar-refractivity contribution in [2.75, 3.05) is 39.4 Å². The fourth-order valence-electron chi connectivity index (χ4n) is 2.10. The predicted octanol–water partition coefficient (Wildman–Crippen LogP) is -1.12. The van der Waals surface area contributed by atoms with Crippen LogP contribution >= 0.6 is 0 Å². The van der Waals surface area contributed by atoms with Gasteiger partial charge in [0.2, 0.25) is 5.43 Å². The summed E-state index contributed by atoms with van der Waals surface area (Å²) in [7, 11) is 3.28. The number of hydrogen-bond acceptors (Lipinski definition) is 6. The topological polar surface area (TPSA) is 95.8 Å². The molecule has 0 saturated heterocycles. The van der Waals surface area contributed by atoms with Gasteiger partial charge >= 0.3 is 0 Å². The lowest BCUT2D eigenvalue weighted by Crippen LogP contribution is -2.48. The maximum atomic E-state index is 12.3. The minimum atomic E-state index is -0.565. The Kier molecular flexibility index (Phi) is 4.26. The maximum absolute atomic E-state index is 12.3. The van der Waals surface area contributed by atoms with Crippen molar-refractivity contribution < 1.29 is 14.6 Å². The highest BCUT2D eigenvalue weighted by Gasteiger charge is 2.29. The van der Waals surface area contributed by atoms with E-state index in [0.29, 0.717) is 25.4 Å². The molecule has 0 spiro atoms. The molecule has 8 heteroatoms. The highest BCUT2D eigenvalue weighted by atomic mass is 16.5. The fourth-order valence-corrected chi connectivity index (χ4v) is 2.10. The number of nitrogens with zero attached hydrogens (tertiary/aromatic N) is 2. The molecular formula is C12H18N4O4. The molecule has 20 heavy (non-hydrogen) atoms. The van der Waals surface area contributed by atoms with Gasteiger partial charge in [-0.2, -0.15) is 0 Å². The lowest BCUT2D eigenvalue weighted by atomic mass is 10.2. The van der Waals surface area contributed by atoms with E-state index in [9.17, 15) is 14.7 Å². The first kappa shape index (κ1) is 14.4. The number of methoxy groups -OCH3 is 1. The molecule has 1 aliphatic heterocycles. The van der Waals surface area contributed by atoms with Crippen LogP contribution < -0.4 is 16.2 Å². The van der Waals surface area contributed by atoms with E-state index in [1.54, 1.807) is 14.2 Å². The first-order chi connectivity index (χ1) is 9.60. The van der Waals surface area contributed by atoms with Crippen molar-refractivity contribution in [2.45, 2.75) is 6.54 Å². The average Bonchev–Trinajstić information content (AvgIpc) is 2.43.